The SMILES string of the molecule is COc1ccccc1C(=O)NCCC(=O)Nc1ccc(C(N)=O)cc1. The standard InChI is InChI=1S/C18H19N3O4/c1-25-15-5-3-2-4-14(15)18(24)20-11-10-16(22)21-13-8-6-12(7-9-13)17(19)23/h2-9H,10-11H2,1H3,(H2,19,23)(H,20,24)(H,21,22). The normalized spacial score (nSPS) is 9.96. The average molecular weight is 341 g/mol. The van der Waals surface area contributed by atoms with Gasteiger partial charge in [0.05, 0.1) is 12.7 Å². The zero-order chi connectivity index (χ0) is 18.2. The lowest BCUT2D eigenvalue weighted by atomic mass is 10.2. The van der Waals surface area contributed by atoms with Crippen LogP contribution in [-0.4, -0.2) is 31.4 Å². The summed E-state index contributed by atoms with van der Waals surface area (Å²) < 4.78 is 5.13. The van der Waals surface area contributed by atoms with Crippen molar-refractivity contribution in [3.63, 3.8) is 0 Å². The number of amides is 3. The minimum atomic E-state index is -0.531. The Hall–Kier alpha value is -3.35. The van der Waals surface area contributed by atoms with Crippen LogP contribution in [0.2, 0.25) is 0 Å². The van der Waals surface area contributed by atoms with Crippen LogP contribution in [0.3, 0.4) is 0 Å². The lowest BCUT2D eigenvalue weighted by molar-refractivity contribution is -0.116. The number of nitrogens with two attached hydrogens (primary N) is 1. The number of nitrogens with one attached hydrogen (secondary N) is 2. The summed E-state index contributed by atoms with van der Waals surface area (Å²) in [7, 11) is 1.49. The van der Waals surface area contributed by atoms with E-state index in [1.54, 1.807) is 36.4 Å². The van der Waals surface area contributed by atoms with Crippen LogP contribution in [0, 0.1) is 0 Å². The van der Waals surface area contributed by atoms with Gasteiger partial charge in [-0.1, -0.05) is 12.1 Å². The second-order valence-corrected chi connectivity index (χ2v) is 5.20. The molecule has 0 radical (unpaired) electrons. The van der Waals surface area contributed by atoms with Crippen molar-refractivity contribution in [2.24, 2.45) is 5.73 Å². The summed E-state index contributed by atoms with van der Waals surface area (Å²) >= 11 is 0. The molecule has 0 saturated carbocycles. The third-order valence-corrected chi connectivity index (χ3v) is 3.44. The van der Waals surface area contributed by atoms with E-state index in [1.165, 1.54) is 19.2 Å². The molecule has 0 aliphatic carbocycles. The van der Waals surface area contributed by atoms with Crippen LogP contribution in [0.4, 0.5) is 5.69 Å². The van der Waals surface area contributed by atoms with Crippen molar-refractivity contribution in [1.82, 2.24) is 5.32 Å². The van der Waals surface area contributed by atoms with Crippen molar-refractivity contribution in [3.05, 3.63) is 59.7 Å². The van der Waals surface area contributed by atoms with E-state index >= 15 is 0 Å². The Labute approximate surface area is 145 Å². The predicted octanol–water partition coefficient (Wildman–Crippen LogP) is 1.55. The first-order valence-corrected chi connectivity index (χ1v) is 7.62. The first kappa shape index (κ1) is 18.0. The van der Waals surface area contributed by atoms with Gasteiger partial charge in [0.25, 0.3) is 5.91 Å². The monoisotopic (exact) mass is 341 g/mol. The highest BCUT2D eigenvalue weighted by atomic mass is 16.5. The molecule has 0 fully saturated rings. The largest absolute Gasteiger partial charge is 0.496 e. The Morgan fingerprint density at radius 3 is 2.36 bits per heavy atom. The highest BCUT2D eigenvalue weighted by Crippen LogP contribution is 2.16. The molecule has 2 aromatic carbocycles. The molecule has 2 rings (SSSR count). The van der Waals surface area contributed by atoms with Gasteiger partial charge in [-0.2, -0.15) is 0 Å². The van der Waals surface area contributed by atoms with Gasteiger partial charge in [-0.25, -0.2) is 0 Å². The first-order valence-electron chi connectivity index (χ1n) is 7.62. The molecule has 0 saturated heterocycles. The number of para-hydroxylation sites is 1. The smallest absolute Gasteiger partial charge is 0.255 e. The number of benzene rings is 2. The molecule has 7 heteroatoms. The van der Waals surface area contributed by atoms with Crippen LogP contribution >= 0.6 is 0 Å². The number of rotatable bonds is 7. The molecule has 130 valence electrons. The van der Waals surface area contributed by atoms with Gasteiger partial charge in [-0.15, -0.1) is 0 Å². The molecule has 0 aromatic heterocycles. The second-order valence-electron chi connectivity index (χ2n) is 5.20. The van der Waals surface area contributed by atoms with Crippen LogP contribution in [-0.2, 0) is 4.79 Å². The van der Waals surface area contributed by atoms with E-state index in [0.29, 0.717) is 22.6 Å². The van der Waals surface area contributed by atoms with Gasteiger partial charge in [-0.05, 0) is 36.4 Å². The quantitative estimate of drug-likeness (QED) is 0.709. The molecule has 0 unspecified atom stereocenters. The number of carbonyl (C=O) groups is 3. The summed E-state index contributed by atoms with van der Waals surface area (Å²) in [5, 5.41) is 5.35. The van der Waals surface area contributed by atoms with E-state index in [4.69, 9.17) is 10.5 Å². The topological polar surface area (TPSA) is 111 Å². The predicted molar refractivity (Wildman–Crippen MR) is 93.5 cm³/mol. The second kappa shape index (κ2) is 8.49. The van der Waals surface area contributed by atoms with Gasteiger partial charge >= 0.3 is 0 Å². The molecular weight excluding hydrogens is 322 g/mol. The van der Waals surface area contributed by atoms with Crippen LogP contribution in [0.25, 0.3) is 0 Å². The molecule has 0 bridgehead atoms. The van der Waals surface area contributed by atoms with Gasteiger partial charge in [0, 0.05) is 24.2 Å². The molecule has 0 spiro atoms. The maximum absolute atomic E-state index is 12.1. The zero-order valence-corrected chi connectivity index (χ0v) is 13.7. The van der Waals surface area contributed by atoms with Crippen molar-refractivity contribution in [1.29, 1.82) is 0 Å². The maximum Gasteiger partial charge on any atom is 0.255 e. The van der Waals surface area contributed by atoms with E-state index < -0.39 is 5.91 Å². The number of ether oxygens (including phenoxy) is 1. The summed E-state index contributed by atoms with van der Waals surface area (Å²) in [6, 6.07) is 13.1. The Bertz CT molecular complexity index is 772. The van der Waals surface area contributed by atoms with Crippen molar-refractivity contribution < 1.29 is 19.1 Å². The fraction of sp³-hybridized carbons (Fsp3) is 0.167. The van der Waals surface area contributed by atoms with Gasteiger partial charge < -0.3 is 21.1 Å². The van der Waals surface area contributed by atoms with Crippen LogP contribution in [0.15, 0.2) is 48.5 Å². The van der Waals surface area contributed by atoms with Gasteiger partial charge in [0.15, 0.2) is 0 Å². The van der Waals surface area contributed by atoms with Gasteiger partial charge in [0.2, 0.25) is 11.8 Å². The zero-order valence-electron chi connectivity index (χ0n) is 13.7. The number of hydrogen-bond acceptors (Lipinski definition) is 4. The third-order valence-electron chi connectivity index (χ3n) is 3.44. The number of carbonyl (C=O) groups excluding carboxylic acids is 3. The molecule has 0 aliphatic rings. The number of methoxy groups -OCH3 is 1. The van der Waals surface area contributed by atoms with Crippen molar-refractivity contribution in [2.75, 3.05) is 19.0 Å². The minimum Gasteiger partial charge on any atom is -0.496 e. The van der Waals surface area contributed by atoms with E-state index in [0.717, 1.165) is 0 Å². The summed E-state index contributed by atoms with van der Waals surface area (Å²) in [5.74, 6) is -0.626. The highest BCUT2D eigenvalue weighted by Gasteiger charge is 2.11. The molecule has 0 atom stereocenters. The fourth-order valence-electron chi connectivity index (χ4n) is 2.16. The molecule has 2 aromatic rings. The molecular formula is C18H19N3O4. The molecule has 4 N–H and O–H groups in total. The number of hydrogen-bond donors (Lipinski definition) is 3. The molecule has 0 heterocycles. The lowest BCUT2D eigenvalue weighted by Crippen LogP contribution is -2.28. The summed E-state index contributed by atoms with van der Waals surface area (Å²) in [6.07, 6.45) is 0.110. The minimum absolute atomic E-state index is 0.110. The summed E-state index contributed by atoms with van der Waals surface area (Å²) in [6.45, 7) is 0.183. The van der Waals surface area contributed by atoms with Gasteiger partial charge in [0.1, 0.15) is 5.75 Å². The Kier molecular flexibility index (Phi) is 6.11. The van der Waals surface area contributed by atoms with Crippen molar-refractivity contribution in [3.8, 4) is 5.75 Å². The van der Waals surface area contributed by atoms with E-state index in [9.17, 15) is 14.4 Å². The number of primary amides is 1. The Morgan fingerprint density at radius 2 is 1.72 bits per heavy atom. The van der Waals surface area contributed by atoms with Crippen molar-refractivity contribution >= 4 is 23.4 Å². The van der Waals surface area contributed by atoms with Crippen LogP contribution < -0.4 is 21.1 Å². The molecule has 25 heavy (non-hydrogen) atoms. The van der Waals surface area contributed by atoms with Crippen molar-refractivity contribution in [2.45, 2.75) is 6.42 Å². The lowest BCUT2D eigenvalue weighted by Gasteiger charge is -2.09. The average Bonchev–Trinajstić information content (AvgIpc) is 2.62. The molecule has 3 amide bonds. The van der Waals surface area contributed by atoms with Gasteiger partial charge in [-0.3, -0.25) is 14.4 Å². The fourth-order valence-corrected chi connectivity index (χ4v) is 2.16. The summed E-state index contributed by atoms with van der Waals surface area (Å²) in [4.78, 5) is 35.0. The van der Waals surface area contributed by atoms with E-state index in [1.807, 2.05) is 0 Å². The summed E-state index contributed by atoms with van der Waals surface area (Å²) in [5.41, 5.74) is 6.47. The molecule has 0 aliphatic heterocycles. The Balaban J connectivity index is 1.82. The van der Waals surface area contributed by atoms with E-state index in [-0.39, 0.29) is 24.8 Å². The van der Waals surface area contributed by atoms with Crippen LogP contribution in [0.1, 0.15) is 27.1 Å². The van der Waals surface area contributed by atoms with Crippen LogP contribution in [0.5, 0.6) is 5.75 Å². The van der Waals surface area contributed by atoms with E-state index in [2.05, 4.69) is 10.6 Å². The first-order chi connectivity index (χ1) is 12.0. The molecule has 7 nitrogen and oxygen atoms in total. The third kappa shape index (κ3) is 5.07. The highest BCUT2D eigenvalue weighted by molar-refractivity contribution is 5.97. The maximum atomic E-state index is 12.1. The number of anilines is 1. The Morgan fingerprint density at radius 1 is 1.04 bits per heavy atom.